The summed E-state index contributed by atoms with van der Waals surface area (Å²) in [6, 6.07) is 10.4. The third kappa shape index (κ3) is 4.71. The number of hydrogen-bond donors (Lipinski definition) is 1. The highest BCUT2D eigenvalue weighted by Gasteiger charge is 2.24. The van der Waals surface area contributed by atoms with Gasteiger partial charge in [-0.2, -0.15) is 0 Å². The van der Waals surface area contributed by atoms with Crippen LogP contribution in [0.1, 0.15) is 22.8 Å². The molecule has 1 atom stereocenters. The number of hydrogen-bond acceptors (Lipinski definition) is 7. The summed E-state index contributed by atoms with van der Waals surface area (Å²) in [4.78, 5) is 24.9. The second kappa shape index (κ2) is 9.18. The van der Waals surface area contributed by atoms with Crippen molar-refractivity contribution >= 4 is 11.9 Å². The molecule has 2 aromatic rings. The predicted molar refractivity (Wildman–Crippen MR) is 104 cm³/mol. The highest BCUT2D eigenvalue weighted by atomic mass is 16.6. The highest BCUT2D eigenvalue weighted by molar-refractivity contribution is 5.93. The number of fused-ring (bicyclic) bond motifs is 1. The minimum atomic E-state index is -0.989. The second-order valence-electron chi connectivity index (χ2n) is 6.28. The van der Waals surface area contributed by atoms with Crippen molar-refractivity contribution in [3.8, 4) is 23.0 Å². The molecule has 1 aliphatic rings. The van der Waals surface area contributed by atoms with Gasteiger partial charge in [0, 0.05) is 12.1 Å². The Morgan fingerprint density at radius 3 is 2.55 bits per heavy atom. The number of ether oxygens (including phenoxy) is 5. The van der Waals surface area contributed by atoms with Crippen molar-refractivity contribution in [2.24, 2.45) is 0 Å². The average molecular weight is 401 g/mol. The van der Waals surface area contributed by atoms with Gasteiger partial charge in [0.2, 0.25) is 5.75 Å². The van der Waals surface area contributed by atoms with E-state index in [2.05, 4.69) is 5.32 Å². The molecule has 3 rings (SSSR count). The number of rotatable bonds is 7. The van der Waals surface area contributed by atoms with Gasteiger partial charge in [-0.3, -0.25) is 4.79 Å². The number of esters is 1. The lowest BCUT2D eigenvalue weighted by molar-refractivity contribution is -0.129. The van der Waals surface area contributed by atoms with Crippen molar-refractivity contribution in [3.05, 3.63) is 47.5 Å². The normalized spacial score (nSPS) is 13.2. The van der Waals surface area contributed by atoms with E-state index >= 15 is 0 Å². The van der Waals surface area contributed by atoms with Crippen molar-refractivity contribution in [1.29, 1.82) is 0 Å². The molecule has 0 saturated carbocycles. The van der Waals surface area contributed by atoms with Gasteiger partial charge in [0.05, 0.1) is 19.8 Å². The van der Waals surface area contributed by atoms with Crippen LogP contribution in [0, 0.1) is 0 Å². The number of carbonyl (C=O) groups is 2. The average Bonchev–Trinajstić information content (AvgIpc) is 2.76. The van der Waals surface area contributed by atoms with Gasteiger partial charge in [0.15, 0.2) is 17.6 Å². The standard InChI is InChI=1S/C21H23NO7/c1-13(20(23)22-12-14-6-4-5-7-16(14)25-2)29-21(24)15-10-17(26-3)19-18(11-15)27-8-9-28-19/h4-7,10-11,13H,8-9,12H2,1-3H3,(H,22,23)/t13-/m1/s1. The molecule has 1 aliphatic heterocycles. The van der Waals surface area contributed by atoms with Crippen LogP contribution in [0.25, 0.3) is 0 Å². The Balaban J connectivity index is 1.63. The largest absolute Gasteiger partial charge is 0.496 e. The molecule has 2 aromatic carbocycles. The van der Waals surface area contributed by atoms with Crippen LogP contribution in [0.2, 0.25) is 0 Å². The maximum Gasteiger partial charge on any atom is 0.339 e. The van der Waals surface area contributed by atoms with E-state index in [4.69, 9.17) is 23.7 Å². The Hall–Kier alpha value is -3.42. The van der Waals surface area contributed by atoms with Gasteiger partial charge < -0.3 is 29.0 Å². The summed E-state index contributed by atoms with van der Waals surface area (Å²) in [5.41, 5.74) is 1.02. The van der Waals surface area contributed by atoms with E-state index in [1.165, 1.54) is 26.2 Å². The first-order valence-corrected chi connectivity index (χ1v) is 9.11. The van der Waals surface area contributed by atoms with E-state index < -0.39 is 18.0 Å². The van der Waals surface area contributed by atoms with Gasteiger partial charge in [0.1, 0.15) is 19.0 Å². The summed E-state index contributed by atoms with van der Waals surface area (Å²) in [6.45, 7) is 2.53. The molecule has 0 fully saturated rings. The molecule has 0 saturated heterocycles. The summed E-state index contributed by atoms with van der Waals surface area (Å²) in [6.07, 6.45) is -0.989. The SMILES string of the molecule is COc1ccccc1CNC(=O)[C@@H](C)OC(=O)c1cc(OC)c2c(c1)OCCO2. The molecular weight excluding hydrogens is 378 g/mol. The summed E-state index contributed by atoms with van der Waals surface area (Å²) >= 11 is 0. The monoisotopic (exact) mass is 401 g/mol. The van der Waals surface area contributed by atoms with Crippen LogP contribution < -0.4 is 24.3 Å². The van der Waals surface area contributed by atoms with Crippen LogP contribution in [0.3, 0.4) is 0 Å². The van der Waals surface area contributed by atoms with Crippen LogP contribution in [0.15, 0.2) is 36.4 Å². The summed E-state index contributed by atoms with van der Waals surface area (Å²) in [5, 5.41) is 2.74. The Bertz CT molecular complexity index is 879. The van der Waals surface area contributed by atoms with Crippen LogP contribution in [-0.4, -0.2) is 45.4 Å². The Labute approximate surface area is 168 Å². The van der Waals surface area contributed by atoms with E-state index in [-0.39, 0.29) is 12.1 Å². The lowest BCUT2D eigenvalue weighted by Gasteiger charge is -2.21. The Morgan fingerprint density at radius 2 is 1.79 bits per heavy atom. The molecule has 1 heterocycles. The van der Waals surface area contributed by atoms with Crippen molar-refractivity contribution in [2.75, 3.05) is 27.4 Å². The minimum absolute atomic E-state index is 0.204. The van der Waals surface area contributed by atoms with Crippen LogP contribution in [0.5, 0.6) is 23.0 Å². The maximum absolute atomic E-state index is 12.5. The predicted octanol–water partition coefficient (Wildman–Crippen LogP) is 2.34. The fourth-order valence-corrected chi connectivity index (χ4v) is 2.85. The smallest absolute Gasteiger partial charge is 0.339 e. The number of methoxy groups -OCH3 is 2. The number of amides is 1. The minimum Gasteiger partial charge on any atom is -0.496 e. The zero-order valence-electron chi connectivity index (χ0n) is 16.5. The van der Waals surface area contributed by atoms with Crippen molar-refractivity contribution in [2.45, 2.75) is 19.6 Å². The van der Waals surface area contributed by atoms with Crippen LogP contribution >= 0.6 is 0 Å². The number of para-hydroxylation sites is 1. The third-order valence-electron chi connectivity index (χ3n) is 4.36. The van der Waals surface area contributed by atoms with E-state index in [9.17, 15) is 9.59 Å². The number of carbonyl (C=O) groups excluding carboxylic acids is 2. The maximum atomic E-state index is 12.5. The number of nitrogens with one attached hydrogen (secondary N) is 1. The molecular formula is C21H23NO7. The van der Waals surface area contributed by atoms with Gasteiger partial charge in [-0.05, 0) is 25.1 Å². The van der Waals surface area contributed by atoms with Crippen LogP contribution in [0.4, 0.5) is 0 Å². The topological polar surface area (TPSA) is 92.3 Å². The zero-order chi connectivity index (χ0) is 20.8. The molecule has 0 unspecified atom stereocenters. The molecule has 0 bridgehead atoms. The lowest BCUT2D eigenvalue weighted by Crippen LogP contribution is -2.35. The Kier molecular flexibility index (Phi) is 6.43. The molecule has 0 radical (unpaired) electrons. The molecule has 1 N–H and O–H groups in total. The quantitative estimate of drug-likeness (QED) is 0.712. The van der Waals surface area contributed by atoms with Crippen molar-refractivity contribution < 1.29 is 33.3 Å². The first-order chi connectivity index (χ1) is 14.0. The van der Waals surface area contributed by atoms with E-state index in [1.54, 1.807) is 13.2 Å². The van der Waals surface area contributed by atoms with Crippen LogP contribution in [-0.2, 0) is 16.1 Å². The Morgan fingerprint density at radius 1 is 1.07 bits per heavy atom. The van der Waals surface area contributed by atoms with Gasteiger partial charge in [0.25, 0.3) is 5.91 Å². The third-order valence-corrected chi connectivity index (χ3v) is 4.36. The summed E-state index contributed by atoms with van der Waals surface area (Å²) in [7, 11) is 3.03. The lowest BCUT2D eigenvalue weighted by atomic mass is 10.1. The highest BCUT2D eigenvalue weighted by Crippen LogP contribution is 2.40. The van der Waals surface area contributed by atoms with Crippen molar-refractivity contribution in [1.82, 2.24) is 5.32 Å². The zero-order valence-corrected chi connectivity index (χ0v) is 16.5. The number of benzene rings is 2. The molecule has 0 aliphatic carbocycles. The fourth-order valence-electron chi connectivity index (χ4n) is 2.85. The van der Waals surface area contributed by atoms with Crippen molar-refractivity contribution in [3.63, 3.8) is 0 Å². The van der Waals surface area contributed by atoms with Gasteiger partial charge in [-0.1, -0.05) is 18.2 Å². The molecule has 1 amide bonds. The molecule has 8 heteroatoms. The molecule has 29 heavy (non-hydrogen) atoms. The molecule has 0 aromatic heterocycles. The first kappa shape index (κ1) is 20.3. The first-order valence-electron chi connectivity index (χ1n) is 9.11. The summed E-state index contributed by atoms with van der Waals surface area (Å²) < 4.78 is 26.8. The molecule has 0 spiro atoms. The summed E-state index contributed by atoms with van der Waals surface area (Å²) in [5.74, 6) is 0.783. The van der Waals surface area contributed by atoms with Gasteiger partial charge in [-0.25, -0.2) is 4.79 Å². The molecule has 154 valence electrons. The van der Waals surface area contributed by atoms with E-state index in [0.29, 0.717) is 36.2 Å². The van der Waals surface area contributed by atoms with E-state index in [1.807, 2.05) is 18.2 Å². The van der Waals surface area contributed by atoms with Gasteiger partial charge in [-0.15, -0.1) is 0 Å². The van der Waals surface area contributed by atoms with Gasteiger partial charge >= 0.3 is 5.97 Å². The fraction of sp³-hybridized carbons (Fsp3) is 0.333. The second-order valence-corrected chi connectivity index (χ2v) is 6.28. The molecule has 8 nitrogen and oxygen atoms in total. The van der Waals surface area contributed by atoms with E-state index in [0.717, 1.165) is 5.56 Å².